The number of benzene rings is 2. The fourth-order valence-electron chi connectivity index (χ4n) is 2.63. The number of furan rings is 1. The van der Waals surface area contributed by atoms with Crippen molar-refractivity contribution in [2.24, 2.45) is 0 Å². The molecule has 1 N–H and O–H groups in total. The highest BCUT2D eigenvalue weighted by atomic mass is 19.1. The average Bonchev–Trinajstić information content (AvgIpc) is 2.90. The van der Waals surface area contributed by atoms with E-state index in [1.165, 1.54) is 11.6 Å². The zero-order chi connectivity index (χ0) is 14.8. The highest BCUT2D eigenvalue weighted by Crippen LogP contribution is 2.29. The van der Waals surface area contributed by atoms with Gasteiger partial charge in [-0.1, -0.05) is 48.9 Å². The van der Waals surface area contributed by atoms with Crippen molar-refractivity contribution in [1.82, 2.24) is 5.32 Å². The van der Waals surface area contributed by atoms with Gasteiger partial charge in [-0.3, -0.25) is 0 Å². The monoisotopic (exact) mass is 283 g/mol. The number of nitrogens with one attached hydrogen (secondary N) is 1. The van der Waals surface area contributed by atoms with E-state index in [4.69, 9.17) is 4.42 Å². The van der Waals surface area contributed by atoms with Crippen LogP contribution in [0.15, 0.2) is 52.9 Å². The predicted molar refractivity (Wildman–Crippen MR) is 82.9 cm³/mol. The fraction of sp³-hybridized carbons (Fsp3) is 0.222. The van der Waals surface area contributed by atoms with Gasteiger partial charge in [0.1, 0.15) is 5.76 Å². The zero-order valence-electron chi connectivity index (χ0n) is 12.2. The van der Waals surface area contributed by atoms with Crippen molar-refractivity contribution in [3.05, 3.63) is 71.2 Å². The van der Waals surface area contributed by atoms with E-state index in [-0.39, 0.29) is 11.9 Å². The van der Waals surface area contributed by atoms with Crippen LogP contribution < -0.4 is 5.32 Å². The van der Waals surface area contributed by atoms with Crippen molar-refractivity contribution in [3.63, 3.8) is 0 Å². The summed E-state index contributed by atoms with van der Waals surface area (Å²) >= 11 is 0. The summed E-state index contributed by atoms with van der Waals surface area (Å²) in [6.07, 6.45) is 0. The molecule has 0 aliphatic carbocycles. The summed E-state index contributed by atoms with van der Waals surface area (Å²) in [5.41, 5.74) is 2.64. The first kappa shape index (κ1) is 13.8. The molecule has 0 aliphatic rings. The van der Waals surface area contributed by atoms with Crippen LogP contribution in [0, 0.1) is 12.7 Å². The molecule has 1 unspecified atom stereocenters. The molecule has 0 aliphatic heterocycles. The number of rotatable bonds is 4. The number of aryl methyl sites for hydroxylation is 1. The van der Waals surface area contributed by atoms with Crippen LogP contribution in [0.5, 0.6) is 0 Å². The number of hydrogen-bond acceptors (Lipinski definition) is 2. The van der Waals surface area contributed by atoms with Crippen molar-refractivity contribution in [2.45, 2.75) is 19.9 Å². The first-order chi connectivity index (χ1) is 10.2. The molecule has 0 spiro atoms. The second-order valence-electron chi connectivity index (χ2n) is 5.21. The van der Waals surface area contributed by atoms with Crippen LogP contribution in [0.25, 0.3) is 11.0 Å². The third-order valence-electron chi connectivity index (χ3n) is 3.58. The second-order valence-corrected chi connectivity index (χ2v) is 5.21. The molecule has 2 aromatic carbocycles. The lowest BCUT2D eigenvalue weighted by molar-refractivity contribution is 0.465. The summed E-state index contributed by atoms with van der Waals surface area (Å²) in [6.45, 7) is 4.91. The highest BCUT2D eigenvalue weighted by molar-refractivity contribution is 5.78. The molecular weight excluding hydrogens is 265 g/mol. The van der Waals surface area contributed by atoms with Gasteiger partial charge in [-0.25, -0.2) is 4.39 Å². The Balaban J connectivity index is 2.09. The molecule has 0 amide bonds. The largest absolute Gasteiger partial charge is 0.456 e. The third-order valence-corrected chi connectivity index (χ3v) is 3.58. The Morgan fingerprint density at radius 2 is 1.95 bits per heavy atom. The molecular formula is C18H18FNO. The smallest absolute Gasteiger partial charge is 0.169 e. The number of hydrogen-bond donors (Lipinski definition) is 1. The summed E-state index contributed by atoms with van der Waals surface area (Å²) in [5, 5.41) is 4.20. The standard InChI is InChI=1S/C18H18FNO/c1-3-20-17(13-7-4-6-12(2)10-13)16-11-14-8-5-9-15(19)18(14)21-16/h4-11,17,20H,3H2,1-2H3. The number of halogens is 1. The molecule has 2 nitrogen and oxygen atoms in total. The average molecular weight is 283 g/mol. The van der Waals surface area contributed by atoms with Gasteiger partial charge in [0, 0.05) is 5.39 Å². The maximum atomic E-state index is 13.8. The van der Waals surface area contributed by atoms with Crippen LogP contribution in [0.3, 0.4) is 0 Å². The topological polar surface area (TPSA) is 25.2 Å². The second kappa shape index (κ2) is 5.70. The van der Waals surface area contributed by atoms with Crippen LogP contribution in [0.4, 0.5) is 4.39 Å². The Kier molecular flexibility index (Phi) is 3.76. The molecule has 1 heterocycles. The minimum absolute atomic E-state index is 0.0679. The lowest BCUT2D eigenvalue weighted by Gasteiger charge is -2.16. The Hall–Kier alpha value is -2.13. The van der Waals surface area contributed by atoms with E-state index in [1.54, 1.807) is 6.07 Å². The SMILES string of the molecule is CCNC(c1cccc(C)c1)c1cc2cccc(F)c2o1. The third kappa shape index (κ3) is 2.69. The Bertz CT molecular complexity index is 763. The maximum Gasteiger partial charge on any atom is 0.169 e. The van der Waals surface area contributed by atoms with E-state index in [1.807, 2.05) is 25.1 Å². The molecule has 21 heavy (non-hydrogen) atoms. The molecule has 3 rings (SSSR count). The highest BCUT2D eigenvalue weighted by Gasteiger charge is 2.18. The number of para-hydroxylation sites is 1. The quantitative estimate of drug-likeness (QED) is 0.758. The van der Waals surface area contributed by atoms with E-state index in [2.05, 4.69) is 30.4 Å². The van der Waals surface area contributed by atoms with Crippen LogP contribution in [-0.4, -0.2) is 6.54 Å². The molecule has 108 valence electrons. The van der Waals surface area contributed by atoms with Gasteiger partial charge >= 0.3 is 0 Å². The Labute approximate surface area is 123 Å². The molecule has 1 aromatic heterocycles. The molecule has 0 bridgehead atoms. The summed E-state index contributed by atoms with van der Waals surface area (Å²) in [6, 6.07) is 15.1. The van der Waals surface area contributed by atoms with Crippen molar-refractivity contribution < 1.29 is 8.81 Å². The van der Waals surface area contributed by atoms with E-state index in [0.717, 1.165) is 23.3 Å². The molecule has 3 aromatic rings. The molecule has 0 radical (unpaired) electrons. The van der Waals surface area contributed by atoms with Crippen molar-refractivity contribution >= 4 is 11.0 Å². The predicted octanol–water partition coefficient (Wildman–Crippen LogP) is 4.58. The fourth-order valence-corrected chi connectivity index (χ4v) is 2.63. The molecule has 3 heteroatoms. The Morgan fingerprint density at radius 3 is 2.67 bits per heavy atom. The zero-order valence-corrected chi connectivity index (χ0v) is 12.2. The van der Waals surface area contributed by atoms with Crippen LogP contribution in [-0.2, 0) is 0 Å². The summed E-state index contributed by atoms with van der Waals surface area (Å²) in [4.78, 5) is 0. The van der Waals surface area contributed by atoms with Gasteiger partial charge in [-0.2, -0.15) is 0 Å². The van der Waals surface area contributed by atoms with E-state index in [9.17, 15) is 4.39 Å². The summed E-state index contributed by atoms with van der Waals surface area (Å²) < 4.78 is 19.6. The molecule has 0 saturated carbocycles. The first-order valence-corrected chi connectivity index (χ1v) is 7.17. The molecule has 0 fully saturated rings. The van der Waals surface area contributed by atoms with E-state index < -0.39 is 0 Å². The van der Waals surface area contributed by atoms with Gasteiger partial charge in [0.15, 0.2) is 11.4 Å². The molecule has 1 atom stereocenters. The van der Waals surface area contributed by atoms with Gasteiger partial charge in [0.2, 0.25) is 0 Å². The van der Waals surface area contributed by atoms with E-state index >= 15 is 0 Å². The number of fused-ring (bicyclic) bond motifs is 1. The van der Waals surface area contributed by atoms with Crippen LogP contribution in [0.1, 0.15) is 29.9 Å². The molecule has 0 saturated heterocycles. The van der Waals surface area contributed by atoms with Gasteiger partial charge in [-0.05, 0) is 31.2 Å². The minimum atomic E-state index is -0.321. The van der Waals surface area contributed by atoms with Gasteiger partial charge < -0.3 is 9.73 Å². The van der Waals surface area contributed by atoms with Gasteiger partial charge in [0.25, 0.3) is 0 Å². The lowest BCUT2D eigenvalue weighted by Crippen LogP contribution is -2.21. The summed E-state index contributed by atoms with van der Waals surface area (Å²) in [7, 11) is 0. The van der Waals surface area contributed by atoms with Crippen LogP contribution in [0.2, 0.25) is 0 Å². The lowest BCUT2D eigenvalue weighted by atomic mass is 10.0. The van der Waals surface area contributed by atoms with Gasteiger partial charge in [0.05, 0.1) is 6.04 Å². The van der Waals surface area contributed by atoms with Crippen molar-refractivity contribution in [2.75, 3.05) is 6.54 Å². The first-order valence-electron chi connectivity index (χ1n) is 7.17. The van der Waals surface area contributed by atoms with Gasteiger partial charge in [-0.15, -0.1) is 0 Å². The maximum absolute atomic E-state index is 13.8. The summed E-state index contributed by atoms with van der Waals surface area (Å²) in [5.74, 6) is 0.417. The van der Waals surface area contributed by atoms with Crippen molar-refractivity contribution in [1.29, 1.82) is 0 Å². The minimum Gasteiger partial charge on any atom is -0.456 e. The van der Waals surface area contributed by atoms with E-state index in [0.29, 0.717) is 5.58 Å². The normalized spacial score (nSPS) is 12.7. The Morgan fingerprint density at radius 1 is 1.14 bits per heavy atom. The van der Waals surface area contributed by atoms with Crippen molar-refractivity contribution in [3.8, 4) is 0 Å². The van der Waals surface area contributed by atoms with Crippen LogP contribution >= 0.6 is 0 Å².